The second kappa shape index (κ2) is 6.24. The molecule has 1 heterocycles. The molecule has 5 nitrogen and oxygen atoms in total. The van der Waals surface area contributed by atoms with E-state index >= 15 is 0 Å². The summed E-state index contributed by atoms with van der Waals surface area (Å²) in [6, 6.07) is 5.31. The van der Waals surface area contributed by atoms with Crippen molar-refractivity contribution >= 4 is 22.4 Å². The van der Waals surface area contributed by atoms with Gasteiger partial charge in [-0.2, -0.15) is 0 Å². The van der Waals surface area contributed by atoms with Crippen LogP contribution in [0.5, 0.6) is 0 Å². The van der Waals surface area contributed by atoms with Crippen LogP contribution in [0.2, 0.25) is 0 Å². The largest absolute Gasteiger partial charge is 0.399 e. The van der Waals surface area contributed by atoms with E-state index in [1.54, 1.807) is 12.1 Å². The number of rotatable bonds is 6. The van der Waals surface area contributed by atoms with E-state index in [0.717, 1.165) is 10.9 Å². The lowest BCUT2D eigenvalue weighted by atomic mass is 10.2. The van der Waals surface area contributed by atoms with Crippen molar-refractivity contribution in [2.24, 2.45) is 0 Å². The molecule has 0 aliphatic heterocycles. The van der Waals surface area contributed by atoms with E-state index in [9.17, 15) is 8.78 Å². The van der Waals surface area contributed by atoms with Crippen molar-refractivity contribution < 1.29 is 13.5 Å². The van der Waals surface area contributed by atoms with Gasteiger partial charge in [-0.25, -0.2) is 18.7 Å². The highest BCUT2D eigenvalue weighted by atomic mass is 19.3. The molecular formula is C12H14F2N4O. The zero-order valence-electron chi connectivity index (χ0n) is 10.1. The highest BCUT2D eigenvalue weighted by Crippen LogP contribution is 2.20. The second-order valence-electron chi connectivity index (χ2n) is 3.89. The molecule has 0 unspecified atom stereocenters. The summed E-state index contributed by atoms with van der Waals surface area (Å²) in [4.78, 5) is 8.21. The maximum Gasteiger partial charge on any atom is 0.261 e. The maximum absolute atomic E-state index is 11.9. The van der Waals surface area contributed by atoms with Crippen LogP contribution in [0.3, 0.4) is 0 Å². The monoisotopic (exact) mass is 268 g/mol. The van der Waals surface area contributed by atoms with E-state index in [-0.39, 0.29) is 6.61 Å². The van der Waals surface area contributed by atoms with E-state index in [1.807, 2.05) is 6.07 Å². The van der Waals surface area contributed by atoms with Gasteiger partial charge in [0, 0.05) is 17.6 Å². The molecule has 0 bridgehead atoms. The lowest BCUT2D eigenvalue weighted by molar-refractivity contribution is 0.0215. The third kappa shape index (κ3) is 3.72. The molecule has 0 aliphatic rings. The molecule has 102 valence electrons. The first-order valence-corrected chi connectivity index (χ1v) is 5.77. The zero-order valence-corrected chi connectivity index (χ0v) is 10.1. The Labute approximate surface area is 108 Å². The van der Waals surface area contributed by atoms with Crippen molar-refractivity contribution in [2.75, 3.05) is 30.8 Å². The summed E-state index contributed by atoms with van der Waals surface area (Å²) < 4.78 is 28.5. The van der Waals surface area contributed by atoms with Gasteiger partial charge in [-0.05, 0) is 18.2 Å². The number of nitrogens with one attached hydrogen (secondary N) is 1. The Morgan fingerprint density at radius 3 is 2.95 bits per heavy atom. The van der Waals surface area contributed by atoms with Crippen LogP contribution in [-0.2, 0) is 4.74 Å². The molecule has 0 amide bonds. The van der Waals surface area contributed by atoms with Crippen LogP contribution in [-0.4, -0.2) is 36.2 Å². The Morgan fingerprint density at radius 2 is 2.16 bits per heavy atom. The Bertz CT molecular complexity index is 550. The predicted octanol–water partition coefficient (Wildman–Crippen LogP) is 1.91. The third-order valence-corrected chi connectivity index (χ3v) is 2.44. The van der Waals surface area contributed by atoms with E-state index in [0.29, 0.717) is 18.1 Å². The summed E-state index contributed by atoms with van der Waals surface area (Å²) in [6.45, 7) is 0.0246. The standard InChI is InChI=1S/C12H14F2N4O/c13-11(14)6-19-4-3-16-12-9-2-1-8(15)5-10(9)17-7-18-12/h1-2,5,7,11H,3-4,6,15H2,(H,16,17,18). The van der Waals surface area contributed by atoms with Gasteiger partial charge in [0.05, 0.1) is 12.1 Å². The first kappa shape index (κ1) is 13.4. The lowest BCUT2D eigenvalue weighted by Crippen LogP contribution is -2.14. The van der Waals surface area contributed by atoms with Gasteiger partial charge in [0.25, 0.3) is 6.43 Å². The third-order valence-electron chi connectivity index (χ3n) is 2.44. The summed E-state index contributed by atoms with van der Waals surface area (Å²) in [6.07, 6.45) is -1.02. The van der Waals surface area contributed by atoms with Crippen molar-refractivity contribution in [3.63, 3.8) is 0 Å². The minimum Gasteiger partial charge on any atom is -0.399 e. The van der Waals surface area contributed by atoms with Gasteiger partial charge >= 0.3 is 0 Å². The number of aromatic nitrogens is 2. The number of hydrogen-bond acceptors (Lipinski definition) is 5. The fourth-order valence-corrected chi connectivity index (χ4v) is 1.63. The summed E-state index contributed by atoms with van der Waals surface area (Å²) in [7, 11) is 0. The van der Waals surface area contributed by atoms with Crippen molar-refractivity contribution in [1.82, 2.24) is 9.97 Å². The van der Waals surface area contributed by atoms with Crippen molar-refractivity contribution in [1.29, 1.82) is 0 Å². The molecule has 2 aromatic rings. The fourth-order valence-electron chi connectivity index (χ4n) is 1.63. The molecule has 19 heavy (non-hydrogen) atoms. The van der Waals surface area contributed by atoms with Gasteiger partial charge in [0.1, 0.15) is 18.8 Å². The molecule has 0 spiro atoms. The number of nitrogens with zero attached hydrogens (tertiary/aromatic N) is 2. The number of alkyl halides is 2. The minimum atomic E-state index is -2.44. The predicted molar refractivity (Wildman–Crippen MR) is 69.3 cm³/mol. The number of ether oxygens (including phenoxy) is 1. The zero-order chi connectivity index (χ0) is 13.7. The van der Waals surface area contributed by atoms with Crippen LogP contribution in [0, 0.1) is 0 Å². The topological polar surface area (TPSA) is 73.1 Å². The average molecular weight is 268 g/mol. The summed E-state index contributed by atoms with van der Waals surface area (Å²) >= 11 is 0. The first-order chi connectivity index (χ1) is 9.16. The molecule has 1 aromatic heterocycles. The van der Waals surface area contributed by atoms with Crippen LogP contribution in [0.15, 0.2) is 24.5 Å². The number of nitrogens with two attached hydrogens (primary N) is 1. The molecular weight excluding hydrogens is 254 g/mol. The van der Waals surface area contributed by atoms with E-state index in [1.165, 1.54) is 6.33 Å². The Hall–Kier alpha value is -2.02. The van der Waals surface area contributed by atoms with Crippen LogP contribution in [0.1, 0.15) is 0 Å². The number of halogens is 2. The highest BCUT2D eigenvalue weighted by Gasteiger charge is 2.04. The van der Waals surface area contributed by atoms with Gasteiger partial charge in [-0.1, -0.05) is 0 Å². The molecule has 0 radical (unpaired) electrons. The number of hydrogen-bond donors (Lipinski definition) is 2. The molecule has 7 heteroatoms. The highest BCUT2D eigenvalue weighted by molar-refractivity contribution is 5.90. The molecule has 0 atom stereocenters. The van der Waals surface area contributed by atoms with Gasteiger partial charge < -0.3 is 15.8 Å². The van der Waals surface area contributed by atoms with E-state index in [2.05, 4.69) is 15.3 Å². The molecule has 1 aromatic carbocycles. The van der Waals surface area contributed by atoms with Crippen LogP contribution < -0.4 is 11.1 Å². The molecule has 0 saturated carbocycles. The van der Waals surface area contributed by atoms with Gasteiger partial charge in [0.15, 0.2) is 0 Å². The number of fused-ring (bicyclic) bond motifs is 1. The van der Waals surface area contributed by atoms with Crippen LogP contribution in [0.4, 0.5) is 20.3 Å². The summed E-state index contributed by atoms with van der Waals surface area (Å²) in [5.74, 6) is 0.630. The van der Waals surface area contributed by atoms with Crippen molar-refractivity contribution in [3.8, 4) is 0 Å². The van der Waals surface area contributed by atoms with Gasteiger partial charge in [-0.3, -0.25) is 0 Å². The van der Waals surface area contributed by atoms with Gasteiger partial charge in [0.2, 0.25) is 0 Å². The second-order valence-corrected chi connectivity index (χ2v) is 3.89. The first-order valence-electron chi connectivity index (χ1n) is 5.77. The quantitative estimate of drug-likeness (QED) is 0.618. The van der Waals surface area contributed by atoms with Crippen LogP contribution >= 0.6 is 0 Å². The Kier molecular flexibility index (Phi) is 4.40. The molecule has 0 aliphatic carbocycles. The number of anilines is 2. The molecule has 0 saturated heterocycles. The lowest BCUT2D eigenvalue weighted by Gasteiger charge is -2.09. The normalized spacial score (nSPS) is 11.1. The number of benzene rings is 1. The van der Waals surface area contributed by atoms with Crippen molar-refractivity contribution in [3.05, 3.63) is 24.5 Å². The van der Waals surface area contributed by atoms with Crippen LogP contribution in [0.25, 0.3) is 10.9 Å². The van der Waals surface area contributed by atoms with Crippen molar-refractivity contribution in [2.45, 2.75) is 6.43 Å². The average Bonchev–Trinajstić information content (AvgIpc) is 2.37. The fraction of sp³-hybridized carbons (Fsp3) is 0.333. The maximum atomic E-state index is 11.9. The minimum absolute atomic E-state index is 0.185. The molecule has 3 N–H and O–H groups in total. The summed E-state index contributed by atoms with van der Waals surface area (Å²) in [5, 5.41) is 3.84. The van der Waals surface area contributed by atoms with E-state index < -0.39 is 13.0 Å². The summed E-state index contributed by atoms with van der Waals surface area (Å²) in [5.41, 5.74) is 7.02. The van der Waals surface area contributed by atoms with E-state index in [4.69, 9.17) is 10.5 Å². The number of nitrogen functional groups attached to an aromatic ring is 1. The SMILES string of the molecule is Nc1ccc2c(NCCOCC(F)F)ncnc2c1. The van der Waals surface area contributed by atoms with Gasteiger partial charge in [-0.15, -0.1) is 0 Å². The Morgan fingerprint density at radius 1 is 1.32 bits per heavy atom. The molecule has 0 fully saturated rings. The molecule has 2 rings (SSSR count). The Balaban J connectivity index is 1.97. The smallest absolute Gasteiger partial charge is 0.261 e.